The van der Waals surface area contributed by atoms with Crippen molar-refractivity contribution in [1.29, 1.82) is 0 Å². The average Bonchev–Trinajstić information content (AvgIpc) is 2.77. The molecule has 0 spiro atoms. The standard InChI is InChI=1S/C11H11ClN3OS/c1-8(2)17(16)10-5-7-15(14-10)11-9(12)4-3-6-13-11/h3-6,8H,1-2H3. The average molecular weight is 269 g/mol. The number of hydrogen-bond donors (Lipinski definition) is 0. The number of halogens is 1. The molecule has 1 unspecified atom stereocenters. The lowest BCUT2D eigenvalue weighted by Gasteiger charge is -2.10. The minimum Gasteiger partial charge on any atom is -0.610 e. The molecule has 0 aromatic carbocycles. The Labute approximate surface area is 108 Å². The maximum absolute atomic E-state index is 11.8. The van der Waals surface area contributed by atoms with E-state index < -0.39 is 11.2 Å². The van der Waals surface area contributed by atoms with Gasteiger partial charge in [-0.25, -0.2) is 9.67 Å². The van der Waals surface area contributed by atoms with Crippen LogP contribution >= 0.6 is 11.6 Å². The number of aromatic nitrogens is 3. The van der Waals surface area contributed by atoms with Gasteiger partial charge in [0.1, 0.15) is 11.4 Å². The molecule has 0 saturated carbocycles. The molecule has 4 nitrogen and oxygen atoms in total. The van der Waals surface area contributed by atoms with Gasteiger partial charge in [0.2, 0.25) is 0 Å². The Morgan fingerprint density at radius 1 is 1.53 bits per heavy atom. The van der Waals surface area contributed by atoms with E-state index in [2.05, 4.69) is 16.3 Å². The molecule has 0 aliphatic rings. The summed E-state index contributed by atoms with van der Waals surface area (Å²) in [7, 11) is 0. The summed E-state index contributed by atoms with van der Waals surface area (Å²) in [5, 5.41) is 5.16. The highest BCUT2D eigenvalue weighted by atomic mass is 35.5. The van der Waals surface area contributed by atoms with Crippen molar-refractivity contribution in [2.75, 3.05) is 0 Å². The topological polar surface area (TPSA) is 53.8 Å². The predicted molar refractivity (Wildman–Crippen MR) is 66.7 cm³/mol. The third-order valence-corrected chi connectivity index (χ3v) is 3.85. The van der Waals surface area contributed by atoms with E-state index in [9.17, 15) is 4.55 Å². The third kappa shape index (κ3) is 2.62. The molecule has 0 aliphatic heterocycles. The van der Waals surface area contributed by atoms with Gasteiger partial charge in [-0.3, -0.25) is 0 Å². The Kier molecular flexibility index (Phi) is 3.71. The number of pyridine rings is 1. The van der Waals surface area contributed by atoms with E-state index in [1.165, 1.54) is 4.68 Å². The predicted octanol–water partition coefficient (Wildman–Crippen LogP) is 2.24. The van der Waals surface area contributed by atoms with Crippen molar-refractivity contribution in [2.45, 2.75) is 24.1 Å². The Morgan fingerprint density at radius 2 is 2.29 bits per heavy atom. The van der Waals surface area contributed by atoms with Gasteiger partial charge in [0, 0.05) is 23.4 Å². The van der Waals surface area contributed by atoms with Crippen molar-refractivity contribution < 1.29 is 4.55 Å². The van der Waals surface area contributed by atoms with Gasteiger partial charge in [-0.1, -0.05) is 11.6 Å². The van der Waals surface area contributed by atoms with Crippen molar-refractivity contribution in [3.63, 3.8) is 0 Å². The Balaban J connectivity index is 2.34. The van der Waals surface area contributed by atoms with Crippen LogP contribution in [0.5, 0.6) is 0 Å². The monoisotopic (exact) mass is 268 g/mol. The van der Waals surface area contributed by atoms with Gasteiger partial charge < -0.3 is 4.55 Å². The van der Waals surface area contributed by atoms with Gasteiger partial charge in [-0.05, 0) is 26.0 Å². The first-order valence-electron chi connectivity index (χ1n) is 5.09. The zero-order chi connectivity index (χ0) is 12.4. The molecule has 6 heteroatoms. The highest BCUT2D eigenvalue weighted by Gasteiger charge is 2.19. The first kappa shape index (κ1) is 12.4. The van der Waals surface area contributed by atoms with Crippen LogP contribution in [-0.2, 0) is 11.2 Å². The Hall–Kier alpha value is -1.04. The SMILES string of the molecule is CC(C)[S+]([O-])c1c[c]n(-c2ncccc2Cl)n1. The maximum atomic E-state index is 11.8. The molecule has 0 fully saturated rings. The lowest BCUT2D eigenvalue weighted by Crippen LogP contribution is -2.15. The zero-order valence-electron chi connectivity index (χ0n) is 9.42. The van der Waals surface area contributed by atoms with E-state index in [0.29, 0.717) is 15.9 Å². The van der Waals surface area contributed by atoms with E-state index in [4.69, 9.17) is 11.6 Å². The summed E-state index contributed by atoms with van der Waals surface area (Å²) in [5.74, 6) is 0.487. The zero-order valence-corrected chi connectivity index (χ0v) is 11.0. The Bertz CT molecular complexity index is 515. The fraction of sp³-hybridized carbons (Fsp3) is 0.273. The first-order valence-corrected chi connectivity index (χ1v) is 6.68. The second kappa shape index (κ2) is 5.08. The highest BCUT2D eigenvalue weighted by Crippen LogP contribution is 2.18. The van der Waals surface area contributed by atoms with Gasteiger partial charge in [0.05, 0.1) is 5.02 Å². The maximum Gasteiger partial charge on any atom is 0.264 e. The Morgan fingerprint density at radius 3 is 2.94 bits per heavy atom. The summed E-state index contributed by atoms with van der Waals surface area (Å²) in [6.07, 6.45) is 4.49. The molecule has 2 aromatic heterocycles. The summed E-state index contributed by atoms with van der Waals surface area (Å²) < 4.78 is 13.3. The van der Waals surface area contributed by atoms with Gasteiger partial charge in [0.15, 0.2) is 5.82 Å². The molecule has 0 N–H and O–H groups in total. The highest BCUT2D eigenvalue weighted by molar-refractivity contribution is 7.91. The summed E-state index contributed by atoms with van der Waals surface area (Å²) in [5.41, 5.74) is 0. The fourth-order valence-electron chi connectivity index (χ4n) is 1.25. The lowest BCUT2D eigenvalue weighted by atomic mass is 10.4. The van der Waals surface area contributed by atoms with Gasteiger partial charge in [-0.2, -0.15) is 0 Å². The molecule has 1 radical (unpaired) electrons. The summed E-state index contributed by atoms with van der Waals surface area (Å²) in [4.78, 5) is 4.10. The molecule has 0 amide bonds. The van der Waals surface area contributed by atoms with Crippen molar-refractivity contribution in [3.05, 3.63) is 35.6 Å². The van der Waals surface area contributed by atoms with E-state index in [1.54, 1.807) is 24.4 Å². The molecule has 2 aromatic rings. The number of nitrogens with zero attached hydrogens (tertiary/aromatic N) is 3. The summed E-state index contributed by atoms with van der Waals surface area (Å²) in [6.45, 7) is 3.76. The molecule has 0 saturated heterocycles. The van der Waals surface area contributed by atoms with Crippen molar-refractivity contribution in [2.24, 2.45) is 0 Å². The number of hydrogen-bond acceptors (Lipinski definition) is 3. The molecule has 1 atom stereocenters. The second-order valence-electron chi connectivity index (χ2n) is 3.68. The van der Waals surface area contributed by atoms with Crippen LogP contribution in [0.3, 0.4) is 0 Å². The molecular weight excluding hydrogens is 258 g/mol. The van der Waals surface area contributed by atoms with Crippen molar-refractivity contribution in [1.82, 2.24) is 14.8 Å². The quantitative estimate of drug-likeness (QED) is 0.802. The number of rotatable bonds is 3. The second-order valence-corrected chi connectivity index (χ2v) is 6.04. The smallest absolute Gasteiger partial charge is 0.264 e. The molecule has 17 heavy (non-hydrogen) atoms. The first-order chi connectivity index (χ1) is 8.09. The normalized spacial score (nSPS) is 13.0. The van der Waals surface area contributed by atoms with E-state index in [-0.39, 0.29) is 5.25 Å². The van der Waals surface area contributed by atoms with Gasteiger partial charge >= 0.3 is 0 Å². The minimum atomic E-state index is -1.13. The van der Waals surface area contributed by atoms with Gasteiger partial charge in [0.25, 0.3) is 5.03 Å². The van der Waals surface area contributed by atoms with E-state index in [0.717, 1.165) is 0 Å². The van der Waals surface area contributed by atoms with E-state index >= 15 is 0 Å². The van der Waals surface area contributed by atoms with Crippen LogP contribution in [0.1, 0.15) is 13.8 Å². The van der Waals surface area contributed by atoms with Crippen LogP contribution in [0.15, 0.2) is 29.4 Å². The van der Waals surface area contributed by atoms with Crippen LogP contribution in [0.2, 0.25) is 5.02 Å². The molecule has 0 bridgehead atoms. The largest absolute Gasteiger partial charge is 0.610 e. The van der Waals surface area contributed by atoms with Crippen LogP contribution in [0.4, 0.5) is 0 Å². The van der Waals surface area contributed by atoms with Crippen LogP contribution < -0.4 is 0 Å². The molecule has 0 aliphatic carbocycles. The summed E-state index contributed by atoms with van der Waals surface area (Å²) in [6, 6.07) is 5.06. The molecule has 2 rings (SSSR count). The van der Waals surface area contributed by atoms with Crippen molar-refractivity contribution >= 4 is 22.8 Å². The van der Waals surface area contributed by atoms with Crippen LogP contribution in [0, 0.1) is 6.20 Å². The van der Waals surface area contributed by atoms with Crippen molar-refractivity contribution in [3.8, 4) is 5.82 Å². The minimum absolute atomic E-state index is 0.0194. The molecule has 89 valence electrons. The fourth-order valence-corrected chi connectivity index (χ4v) is 2.27. The molecule has 2 heterocycles. The summed E-state index contributed by atoms with van der Waals surface area (Å²) >= 11 is 4.86. The lowest BCUT2D eigenvalue weighted by molar-refractivity contribution is 0.580. The van der Waals surface area contributed by atoms with Gasteiger partial charge in [-0.15, -0.1) is 5.10 Å². The van der Waals surface area contributed by atoms with Crippen LogP contribution in [-0.4, -0.2) is 24.6 Å². The molecular formula is C11H11ClN3OS. The third-order valence-electron chi connectivity index (χ3n) is 2.08. The van der Waals surface area contributed by atoms with Crippen LogP contribution in [0.25, 0.3) is 5.82 Å². The van der Waals surface area contributed by atoms with E-state index in [1.807, 2.05) is 13.8 Å².